The molecule has 11 heteroatoms. The van der Waals surface area contributed by atoms with Gasteiger partial charge in [0.2, 0.25) is 0 Å². The smallest absolute Gasteiger partial charge is 0.328 e. The zero-order chi connectivity index (χ0) is 33.9. The highest BCUT2D eigenvalue weighted by atomic mass is 16.5. The Bertz CT molecular complexity index is 755. The van der Waals surface area contributed by atoms with Crippen molar-refractivity contribution in [2.75, 3.05) is 39.3 Å². The van der Waals surface area contributed by atoms with E-state index in [0.29, 0.717) is 45.4 Å². The third-order valence-corrected chi connectivity index (χ3v) is 7.87. The minimum absolute atomic E-state index is 0.0150. The van der Waals surface area contributed by atoms with Crippen molar-refractivity contribution in [1.82, 2.24) is 31.9 Å². The molecule has 0 aliphatic heterocycles. The number of nitrogens with one attached hydrogen (secondary N) is 6. The van der Waals surface area contributed by atoms with Crippen LogP contribution in [0.2, 0.25) is 0 Å². The van der Waals surface area contributed by atoms with Crippen molar-refractivity contribution < 1.29 is 23.9 Å². The summed E-state index contributed by atoms with van der Waals surface area (Å²) in [6.07, 6.45) is 22.4. The van der Waals surface area contributed by atoms with Gasteiger partial charge < -0.3 is 36.6 Å². The highest BCUT2D eigenvalue weighted by Crippen LogP contribution is 2.07. The SMILES string of the molecule is CCCCCCCCNC(=O)NCCCC[C@H](NC(=O)NCCCCCCCC)C(=O)OCCNC(=O)NCCCCCCCC. The van der Waals surface area contributed by atoms with E-state index in [1.165, 1.54) is 70.6 Å². The van der Waals surface area contributed by atoms with Crippen molar-refractivity contribution in [2.45, 2.75) is 162 Å². The normalized spacial score (nSPS) is 11.4. The summed E-state index contributed by atoms with van der Waals surface area (Å²) in [5.41, 5.74) is 0. The molecule has 46 heavy (non-hydrogen) atoms. The van der Waals surface area contributed by atoms with E-state index in [0.717, 1.165) is 44.9 Å². The van der Waals surface area contributed by atoms with Crippen LogP contribution in [0.3, 0.4) is 0 Å². The molecule has 0 radical (unpaired) electrons. The summed E-state index contributed by atoms with van der Waals surface area (Å²) in [7, 11) is 0. The molecule has 0 rings (SSSR count). The zero-order valence-corrected chi connectivity index (χ0v) is 29.7. The van der Waals surface area contributed by atoms with Gasteiger partial charge in [-0.15, -0.1) is 0 Å². The quantitative estimate of drug-likeness (QED) is 0.0350. The van der Waals surface area contributed by atoms with Gasteiger partial charge in [-0.2, -0.15) is 0 Å². The Morgan fingerprint density at radius 1 is 0.435 bits per heavy atom. The third kappa shape index (κ3) is 30.0. The van der Waals surface area contributed by atoms with Gasteiger partial charge in [0, 0.05) is 26.2 Å². The molecule has 0 fully saturated rings. The molecule has 0 bridgehead atoms. The molecule has 0 unspecified atom stereocenters. The minimum Gasteiger partial charge on any atom is -0.462 e. The molecular formula is C35H70N6O5. The second kappa shape index (κ2) is 33.6. The molecule has 0 aromatic carbocycles. The molecule has 0 aliphatic carbocycles. The third-order valence-electron chi connectivity index (χ3n) is 7.87. The minimum atomic E-state index is -0.812. The van der Waals surface area contributed by atoms with Crippen LogP contribution in [-0.4, -0.2) is 69.4 Å². The highest BCUT2D eigenvalue weighted by Gasteiger charge is 2.22. The molecule has 0 aromatic heterocycles. The summed E-state index contributed by atoms with van der Waals surface area (Å²) < 4.78 is 5.39. The Balaban J connectivity index is 4.40. The number of carbonyl (C=O) groups is 4. The zero-order valence-electron chi connectivity index (χ0n) is 29.7. The van der Waals surface area contributed by atoms with E-state index in [2.05, 4.69) is 52.7 Å². The lowest BCUT2D eigenvalue weighted by molar-refractivity contribution is -0.145. The van der Waals surface area contributed by atoms with E-state index >= 15 is 0 Å². The van der Waals surface area contributed by atoms with Crippen LogP contribution in [0.15, 0.2) is 0 Å². The molecule has 0 aromatic rings. The molecule has 0 aliphatic rings. The average molecular weight is 655 g/mol. The van der Waals surface area contributed by atoms with Crippen molar-refractivity contribution in [3.05, 3.63) is 0 Å². The second-order valence-corrected chi connectivity index (χ2v) is 12.3. The molecule has 0 heterocycles. The van der Waals surface area contributed by atoms with E-state index in [4.69, 9.17) is 4.74 Å². The van der Waals surface area contributed by atoms with Gasteiger partial charge in [-0.25, -0.2) is 19.2 Å². The predicted octanol–water partition coefficient (Wildman–Crippen LogP) is 7.05. The van der Waals surface area contributed by atoms with Gasteiger partial charge in [0.05, 0.1) is 6.54 Å². The van der Waals surface area contributed by atoms with Gasteiger partial charge >= 0.3 is 24.1 Å². The van der Waals surface area contributed by atoms with Crippen LogP contribution < -0.4 is 31.9 Å². The first-order chi connectivity index (χ1) is 22.4. The number of esters is 1. The van der Waals surface area contributed by atoms with Gasteiger partial charge in [-0.05, 0) is 38.5 Å². The number of hydrogen-bond acceptors (Lipinski definition) is 5. The molecule has 1 atom stereocenters. The predicted molar refractivity (Wildman–Crippen MR) is 188 cm³/mol. The van der Waals surface area contributed by atoms with Crippen LogP contribution in [0.1, 0.15) is 156 Å². The van der Waals surface area contributed by atoms with Crippen molar-refractivity contribution >= 4 is 24.1 Å². The van der Waals surface area contributed by atoms with Gasteiger partial charge in [0.25, 0.3) is 0 Å². The summed E-state index contributed by atoms with van der Waals surface area (Å²) in [6, 6.07) is -1.67. The van der Waals surface area contributed by atoms with Crippen LogP contribution in [0.25, 0.3) is 0 Å². The van der Waals surface area contributed by atoms with Gasteiger partial charge in [-0.3, -0.25) is 0 Å². The number of hydrogen-bond donors (Lipinski definition) is 6. The lowest BCUT2D eigenvalue weighted by atomic mass is 10.1. The summed E-state index contributed by atoms with van der Waals surface area (Å²) in [5.74, 6) is -0.534. The lowest BCUT2D eigenvalue weighted by Gasteiger charge is -2.18. The molecular weight excluding hydrogens is 584 g/mol. The molecule has 6 amide bonds. The number of unbranched alkanes of at least 4 members (excludes halogenated alkanes) is 16. The summed E-state index contributed by atoms with van der Waals surface area (Å²) >= 11 is 0. The van der Waals surface area contributed by atoms with E-state index in [9.17, 15) is 19.2 Å². The number of ether oxygens (including phenoxy) is 1. The first-order valence-corrected chi connectivity index (χ1v) is 18.7. The lowest BCUT2D eigenvalue weighted by Crippen LogP contribution is -2.47. The van der Waals surface area contributed by atoms with E-state index in [1.54, 1.807) is 0 Å². The number of amides is 6. The van der Waals surface area contributed by atoms with E-state index < -0.39 is 18.0 Å². The van der Waals surface area contributed by atoms with Crippen molar-refractivity contribution in [1.29, 1.82) is 0 Å². The van der Waals surface area contributed by atoms with Crippen LogP contribution in [0.5, 0.6) is 0 Å². The number of urea groups is 3. The van der Waals surface area contributed by atoms with Crippen molar-refractivity contribution in [3.8, 4) is 0 Å². The van der Waals surface area contributed by atoms with Crippen molar-refractivity contribution in [3.63, 3.8) is 0 Å². The fraction of sp³-hybridized carbons (Fsp3) is 0.886. The highest BCUT2D eigenvalue weighted by molar-refractivity contribution is 5.83. The Morgan fingerprint density at radius 3 is 1.22 bits per heavy atom. The maximum absolute atomic E-state index is 12.8. The maximum Gasteiger partial charge on any atom is 0.328 e. The Hall–Kier alpha value is -2.72. The molecule has 0 saturated carbocycles. The molecule has 0 saturated heterocycles. The van der Waals surface area contributed by atoms with Gasteiger partial charge in [0.15, 0.2) is 0 Å². The topological polar surface area (TPSA) is 150 Å². The van der Waals surface area contributed by atoms with Gasteiger partial charge in [-0.1, -0.05) is 117 Å². The summed E-state index contributed by atoms with van der Waals surface area (Å²) in [5, 5.41) is 16.9. The Kier molecular flexibility index (Phi) is 31.6. The fourth-order valence-corrected chi connectivity index (χ4v) is 5.00. The fourth-order valence-electron chi connectivity index (χ4n) is 5.00. The average Bonchev–Trinajstić information content (AvgIpc) is 3.04. The second-order valence-electron chi connectivity index (χ2n) is 12.3. The Labute approximate surface area is 280 Å². The van der Waals surface area contributed by atoms with Crippen LogP contribution in [0, 0.1) is 0 Å². The molecule has 6 N–H and O–H groups in total. The standard InChI is InChI=1S/C35H70N6O5/c1-4-7-10-13-16-20-25-36-33(43)38-28-23-19-24-31(41-35(45)39-27-22-18-15-12-9-6-3)32(42)46-30-29-40-34(44)37-26-21-17-14-11-8-5-2/h31H,4-30H2,1-3H3,(H2,36,38,43)(H2,37,40,44)(H2,39,41,45)/t31-/m0/s1. The number of carbonyl (C=O) groups excluding carboxylic acids is 4. The first-order valence-electron chi connectivity index (χ1n) is 18.7. The maximum atomic E-state index is 12.8. The monoisotopic (exact) mass is 655 g/mol. The summed E-state index contributed by atoms with van der Waals surface area (Å²) in [4.78, 5) is 49.4. The number of rotatable bonds is 31. The molecule has 11 nitrogen and oxygen atoms in total. The summed E-state index contributed by atoms with van der Waals surface area (Å²) in [6.45, 7) is 9.08. The van der Waals surface area contributed by atoms with E-state index in [-0.39, 0.29) is 25.2 Å². The molecule has 0 spiro atoms. The Morgan fingerprint density at radius 2 is 0.783 bits per heavy atom. The molecule has 270 valence electrons. The van der Waals surface area contributed by atoms with Crippen molar-refractivity contribution in [2.24, 2.45) is 0 Å². The van der Waals surface area contributed by atoms with Crippen LogP contribution >= 0.6 is 0 Å². The first kappa shape index (κ1) is 43.3. The van der Waals surface area contributed by atoms with E-state index in [1.807, 2.05) is 0 Å². The van der Waals surface area contributed by atoms with Crippen LogP contribution in [-0.2, 0) is 9.53 Å². The largest absolute Gasteiger partial charge is 0.462 e. The van der Waals surface area contributed by atoms with Gasteiger partial charge in [0.1, 0.15) is 12.6 Å². The van der Waals surface area contributed by atoms with Crippen LogP contribution in [0.4, 0.5) is 14.4 Å².